The van der Waals surface area contributed by atoms with Crippen LogP contribution in [0.2, 0.25) is 0 Å². The van der Waals surface area contributed by atoms with Crippen molar-refractivity contribution < 1.29 is 14.3 Å². The van der Waals surface area contributed by atoms with Gasteiger partial charge < -0.3 is 14.4 Å². The number of carboxylic acids is 1. The Bertz CT molecular complexity index is 856. The first-order chi connectivity index (χ1) is 10.5. The molecule has 1 aromatic carbocycles. The van der Waals surface area contributed by atoms with Crippen LogP contribution in [0.15, 0.2) is 28.7 Å². The summed E-state index contributed by atoms with van der Waals surface area (Å²) in [5.74, 6) is 0.259. The molecular formula is C16H17N3O3. The first kappa shape index (κ1) is 14.3. The summed E-state index contributed by atoms with van der Waals surface area (Å²) in [6.45, 7) is 3.58. The lowest BCUT2D eigenvalue weighted by molar-refractivity contribution is -0.138. The molecule has 0 saturated heterocycles. The molecular weight excluding hydrogens is 282 g/mol. The molecule has 1 unspecified atom stereocenters. The Morgan fingerprint density at radius 3 is 2.77 bits per heavy atom. The third kappa shape index (κ3) is 2.16. The number of anilines is 1. The van der Waals surface area contributed by atoms with Gasteiger partial charge in [0.1, 0.15) is 23.0 Å². The van der Waals surface area contributed by atoms with Crippen LogP contribution >= 0.6 is 0 Å². The van der Waals surface area contributed by atoms with Gasteiger partial charge in [-0.15, -0.1) is 0 Å². The molecule has 3 aromatic rings. The van der Waals surface area contributed by atoms with Crippen molar-refractivity contribution in [2.75, 3.05) is 11.9 Å². The quantitative estimate of drug-likeness (QED) is 0.798. The topological polar surface area (TPSA) is 79.5 Å². The maximum absolute atomic E-state index is 11.3. The summed E-state index contributed by atoms with van der Waals surface area (Å²) in [4.78, 5) is 21.9. The molecule has 6 heteroatoms. The van der Waals surface area contributed by atoms with E-state index < -0.39 is 12.0 Å². The van der Waals surface area contributed by atoms with Crippen LogP contribution in [0.4, 0.5) is 5.82 Å². The average Bonchev–Trinajstić information content (AvgIpc) is 2.91. The van der Waals surface area contributed by atoms with Gasteiger partial charge >= 0.3 is 5.97 Å². The molecule has 6 nitrogen and oxygen atoms in total. The molecule has 1 atom stereocenters. The molecule has 2 aromatic heterocycles. The van der Waals surface area contributed by atoms with E-state index in [4.69, 9.17) is 4.42 Å². The van der Waals surface area contributed by atoms with Crippen LogP contribution in [-0.2, 0) is 11.2 Å². The number of para-hydroxylation sites is 1. The van der Waals surface area contributed by atoms with E-state index in [9.17, 15) is 9.90 Å². The number of hydrogen-bond acceptors (Lipinski definition) is 5. The van der Waals surface area contributed by atoms with Gasteiger partial charge in [0.25, 0.3) is 0 Å². The normalized spacial score (nSPS) is 12.7. The van der Waals surface area contributed by atoms with E-state index in [0.29, 0.717) is 23.6 Å². The SMILES string of the molecule is CCc1nc(N(C)C(C)C(=O)O)c2oc3ccccc3c2n1. The Morgan fingerprint density at radius 2 is 2.09 bits per heavy atom. The van der Waals surface area contributed by atoms with Gasteiger partial charge in [0, 0.05) is 18.9 Å². The second-order valence-corrected chi connectivity index (χ2v) is 5.22. The number of carboxylic acid groups (broad SMARTS) is 1. The Morgan fingerprint density at radius 1 is 1.36 bits per heavy atom. The highest BCUT2D eigenvalue weighted by Gasteiger charge is 2.24. The zero-order chi connectivity index (χ0) is 15.9. The third-order valence-corrected chi connectivity index (χ3v) is 3.84. The van der Waals surface area contributed by atoms with Crippen LogP contribution in [0.5, 0.6) is 0 Å². The fourth-order valence-electron chi connectivity index (χ4n) is 2.37. The maximum Gasteiger partial charge on any atom is 0.326 e. The summed E-state index contributed by atoms with van der Waals surface area (Å²) in [6.07, 6.45) is 0.664. The lowest BCUT2D eigenvalue weighted by Crippen LogP contribution is -2.36. The van der Waals surface area contributed by atoms with E-state index in [0.717, 1.165) is 16.5 Å². The van der Waals surface area contributed by atoms with E-state index in [2.05, 4.69) is 9.97 Å². The van der Waals surface area contributed by atoms with E-state index in [1.807, 2.05) is 31.2 Å². The van der Waals surface area contributed by atoms with Crippen molar-refractivity contribution >= 4 is 33.9 Å². The molecule has 0 fully saturated rings. The number of carbonyl (C=O) groups is 1. The van der Waals surface area contributed by atoms with Crippen LogP contribution in [-0.4, -0.2) is 34.1 Å². The second kappa shape index (κ2) is 5.29. The molecule has 0 aliphatic heterocycles. The highest BCUT2D eigenvalue weighted by Crippen LogP contribution is 2.33. The number of likely N-dealkylation sites (N-methyl/N-ethyl adjacent to an activating group) is 1. The van der Waals surface area contributed by atoms with E-state index in [1.165, 1.54) is 0 Å². The predicted octanol–water partition coefficient (Wildman–Crippen LogP) is 2.85. The van der Waals surface area contributed by atoms with Gasteiger partial charge in [-0.05, 0) is 19.1 Å². The van der Waals surface area contributed by atoms with Gasteiger partial charge in [0.15, 0.2) is 11.4 Å². The Labute approximate surface area is 127 Å². The van der Waals surface area contributed by atoms with Crippen molar-refractivity contribution in [3.8, 4) is 0 Å². The fourth-order valence-corrected chi connectivity index (χ4v) is 2.37. The van der Waals surface area contributed by atoms with Crippen molar-refractivity contribution in [2.45, 2.75) is 26.3 Å². The Kier molecular flexibility index (Phi) is 3.44. The summed E-state index contributed by atoms with van der Waals surface area (Å²) < 4.78 is 5.87. The molecule has 0 saturated carbocycles. The van der Waals surface area contributed by atoms with Crippen molar-refractivity contribution in [1.29, 1.82) is 0 Å². The van der Waals surface area contributed by atoms with Crippen molar-refractivity contribution in [3.63, 3.8) is 0 Å². The number of aryl methyl sites for hydroxylation is 1. The minimum Gasteiger partial charge on any atom is -0.480 e. The molecule has 0 aliphatic carbocycles. The predicted molar refractivity (Wildman–Crippen MR) is 84.2 cm³/mol. The zero-order valence-electron chi connectivity index (χ0n) is 12.7. The van der Waals surface area contributed by atoms with Gasteiger partial charge in [-0.2, -0.15) is 0 Å². The largest absolute Gasteiger partial charge is 0.480 e. The van der Waals surface area contributed by atoms with E-state index >= 15 is 0 Å². The highest BCUT2D eigenvalue weighted by atomic mass is 16.4. The third-order valence-electron chi connectivity index (χ3n) is 3.84. The smallest absolute Gasteiger partial charge is 0.326 e. The van der Waals surface area contributed by atoms with Crippen LogP contribution in [0, 0.1) is 0 Å². The molecule has 0 spiro atoms. The summed E-state index contributed by atoms with van der Waals surface area (Å²) in [6, 6.07) is 6.91. The molecule has 0 bridgehead atoms. The van der Waals surface area contributed by atoms with Crippen molar-refractivity contribution in [3.05, 3.63) is 30.1 Å². The first-order valence-corrected chi connectivity index (χ1v) is 7.16. The first-order valence-electron chi connectivity index (χ1n) is 7.16. The minimum atomic E-state index is -0.913. The molecule has 2 heterocycles. The number of furan rings is 1. The molecule has 0 aliphatic rings. The molecule has 22 heavy (non-hydrogen) atoms. The molecule has 0 amide bonds. The van der Waals surface area contributed by atoms with Gasteiger partial charge in [0.2, 0.25) is 0 Å². The molecule has 3 rings (SSSR count). The maximum atomic E-state index is 11.3. The number of hydrogen-bond donors (Lipinski definition) is 1. The monoisotopic (exact) mass is 299 g/mol. The number of rotatable bonds is 4. The van der Waals surface area contributed by atoms with Crippen LogP contribution in [0.3, 0.4) is 0 Å². The van der Waals surface area contributed by atoms with Crippen molar-refractivity contribution in [1.82, 2.24) is 9.97 Å². The second-order valence-electron chi connectivity index (χ2n) is 5.22. The number of aliphatic carboxylic acids is 1. The standard InChI is InChI=1S/C16H17N3O3/c1-4-12-17-13-10-7-5-6-8-11(10)22-14(13)15(18-12)19(3)9(2)16(20)21/h5-9H,4H2,1-3H3,(H,20,21). The number of aromatic nitrogens is 2. The van der Waals surface area contributed by atoms with Gasteiger partial charge in [-0.3, -0.25) is 0 Å². The van der Waals surface area contributed by atoms with Crippen molar-refractivity contribution in [2.24, 2.45) is 0 Å². The molecule has 0 radical (unpaired) electrons. The highest BCUT2D eigenvalue weighted by molar-refractivity contribution is 6.06. The molecule has 1 N–H and O–H groups in total. The van der Waals surface area contributed by atoms with Gasteiger partial charge in [-0.1, -0.05) is 19.1 Å². The van der Waals surface area contributed by atoms with Gasteiger partial charge in [-0.25, -0.2) is 14.8 Å². The number of benzene rings is 1. The van der Waals surface area contributed by atoms with E-state index in [-0.39, 0.29) is 0 Å². The summed E-state index contributed by atoms with van der Waals surface area (Å²) in [5, 5.41) is 10.1. The average molecular weight is 299 g/mol. The van der Waals surface area contributed by atoms with Crippen LogP contribution in [0.1, 0.15) is 19.7 Å². The lowest BCUT2D eigenvalue weighted by atomic mass is 10.2. The van der Waals surface area contributed by atoms with Crippen LogP contribution < -0.4 is 4.90 Å². The summed E-state index contributed by atoms with van der Waals surface area (Å²) in [5.41, 5.74) is 1.97. The Balaban J connectivity index is 2.30. The lowest BCUT2D eigenvalue weighted by Gasteiger charge is -2.22. The minimum absolute atomic E-state index is 0.507. The molecule has 114 valence electrons. The zero-order valence-corrected chi connectivity index (χ0v) is 12.7. The van der Waals surface area contributed by atoms with Crippen LogP contribution in [0.25, 0.3) is 22.1 Å². The van der Waals surface area contributed by atoms with Gasteiger partial charge in [0.05, 0.1) is 0 Å². The fraction of sp³-hybridized carbons (Fsp3) is 0.312. The number of fused-ring (bicyclic) bond motifs is 3. The summed E-state index contributed by atoms with van der Waals surface area (Å²) >= 11 is 0. The number of nitrogens with zero attached hydrogens (tertiary/aromatic N) is 3. The summed E-state index contributed by atoms with van der Waals surface area (Å²) in [7, 11) is 1.70. The van der Waals surface area contributed by atoms with E-state index in [1.54, 1.807) is 18.9 Å². The Hall–Kier alpha value is -2.63.